The van der Waals surface area contributed by atoms with Crippen LogP contribution in [-0.4, -0.2) is 25.8 Å². The molecule has 2 heterocycles. The van der Waals surface area contributed by atoms with Crippen LogP contribution >= 0.6 is 0 Å². The van der Waals surface area contributed by atoms with Crippen LogP contribution < -0.4 is 0 Å². The number of para-hydroxylation sites is 1. The lowest BCUT2D eigenvalue weighted by atomic mass is 9.97. The molecule has 3 aromatic rings. The zero-order valence-corrected chi connectivity index (χ0v) is 13.4. The molecule has 1 fully saturated rings. The van der Waals surface area contributed by atoms with Gasteiger partial charge in [-0.15, -0.1) is 5.10 Å². The maximum Gasteiger partial charge on any atom is 0.208 e. The molecule has 1 aliphatic rings. The topological polar surface area (TPSA) is 84.5 Å². The molecule has 6 nitrogen and oxygen atoms in total. The Kier molecular flexibility index (Phi) is 3.82. The molecule has 6 heteroatoms. The van der Waals surface area contributed by atoms with Gasteiger partial charge in [0.2, 0.25) is 5.78 Å². The normalized spacial score (nSPS) is 14.7. The van der Waals surface area contributed by atoms with Crippen molar-refractivity contribution in [1.29, 1.82) is 5.26 Å². The van der Waals surface area contributed by atoms with Crippen LogP contribution in [-0.2, 0) is 0 Å². The fourth-order valence-electron chi connectivity index (χ4n) is 2.89. The molecule has 0 radical (unpaired) electrons. The molecule has 4 rings (SSSR count). The van der Waals surface area contributed by atoms with Gasteiger partial charge >= 0.3 is 0 Å². The van der Waals surface area contributed by atoms with Crippen molar-refractivity contribution < 1.29 is 4.79 Å². The standard InChI is InChI=1S/C19H15N5O/c20-12-15(16-8-4-5-11-21-16)19(25)17-18(13-9-10-13)24(23-22-17)14-6-2-1-3-7-14/h1-8,11,13,15H,9-10H2/t15-/m0/s1. The van der Waals surface area contributed by atoms with Crippen molar-refractivity contribution in [3.63, 3.8) is 0 Å². The molecule has 122 valence electrons. The lowest BCUT2D eigenvalue weighted by Crippen LogP contribution is -2.15. The largest absolute Gasteiger partial charge is 0.290 e. The fourth-order valence-corrected chi connectivity index (χ4v) is 2.89. The van der Waals surface area contributed by atoms with Crippen molar-refractivity contribution in [3.8, 4) is 11.8 Å². The van der Waals surface area contributed by atoms with Gasteiger partial charge < -0.3 is 0 Å². The third-order valence-electron chi connectivity index (χ3n) is 4.28. The lowest BCUT2D eigenvalue weighted by Gasteiger charge is -2.09. The predicted octanol–water partition coefficient (Wildman–Crippen LogP) is 3.03. The molecule has 0 N–H and O–H groups in total. The van der Waals surface area contributed by atoms with Crippen LogP contribution in [0.15, 0.2) is 54.7 Å². The van der Waals surface area contributed by atoms with Gasteiger partial charge in [0.25, 0.3) is 0 Å². The predicted molar refractivity (Wildman–Crippen MR) is 90.3 cm³/mol. The van der Waals surface area contributed by atoms with Crippen LogP contribution in [0, 0.1) is 11.3 Å². The summed E-state index contributed by atoms with van der Waals surface area (Å²) in [6, 6.07) is 16.9. The first-order valence-electron chi connectivity index (χ1n) is 8.15. The molecule has 0 amide bonds. The van der Waals surface area contributed by atoms with Crippen molar-refractivity contribution in [2.24, 2.45) is 0 Å². The first-order chi connectivity index (χ1) is 12.3. The Hall–Kier alpha value is -3.33. The molecule has 0 saturated heterocycles. The molecule has 0 bridgehead atoms. The van der Waals surface area contributed by atoms with Gasteiger partial charge in [0.1, 0.15) is 0 Å². The first kappa shape index (κ1) is 15.2. The highest BCUT2D eigenvalue weighted by atomic mass is 16.1. The fraction of sp³-hybridized carbons (Fsp3) is 0.211. The van der Waals surface area contributed by atoms with Gasteiger partial charge in [-0.2, -0.15) is 5.26 Å². The van der Waals surface area contributed by atoms with Gasteiger partial charge in [0, 0.05) is 12.1 Å². The van der Waals surface area contributed by atoms with E-state index >= 15 is 0 Å². The van der Waals surface area contributed by atoms with Crippen LogP contribution in [0.2, 0.25) is 0 Å². The number of ketones is 1. The quantitative estimate of drug-likeness (QED) is 0.672. The smallest absolute Gasteiger partial charge is 0.208 e. The van der Waals surface area contributed by atoms with Crippen LogP contribution in [0.1, 0.15) is 46.6 Å². The van der Waals surface area contributed by atoms with E-state index in [-0.39, 0.29) is 17.4 Å². The average molecular weight is 329 g/mol. The highest BCUT2D eigenvalue weighted by molar-refractivity contribution is 6.02. The zero-order valence-electron chi connectivity index (χ0n) is 13.4. The molecular formula is C19H15N5O. The summed E-state index contributed by atoms with van der Waals surface area (Å²) >= 11 is 0. The Morgan fingerprint density at radius 1 is 1.16 bits per heavy atom. The van der Waals surface area contributed by atoms with E-state index in [1.54, 1.807) is 29.1 Å². The van der Waals surface area contributed by atoms with Gasteiger partial charge in [0.15, 0.2) is 11.6 Å². The van der Waals surface area contributed by atoms with Gasteiger partial charge in [-0.3, -0.25) is 9.78 Å². The number of aromatic nitrogens is 4. The minimum absolute atomic E-state index is 0.261. The number of pyridine rings is 1. The summed E-state index contributed by atoms with van der Waals surface area (Å²) in [4.78, 5) is 17.1. The SMILES string of the molecule is N#C[C@H](C(=O)c1nnn(-c2ccccc2)c1C1CC1)c1ccccn1. The minimum Gasteiger partial charge on any atom is -0.290 e. The summed E-state index contributed by atoms with van der Waals surface area (Å²) in [5.74, 6) is -1.05. The third-order valence-corrected chi connectivity index (χ3v) is 4.28. The van der Waals surface area contributed by atoms with Crippen LogP contribution in [0.25, 0.3) is 5.69 Å². The minimum atomic E-state index is -0.973. The number of carbonyl (C=O) groups excluding carboxylic acids is 1. The number of nitriles is 1. The van der Waals surface area contributed by atoms with Crippen molar-refractivity contribution >= 4 is 5.78 Å². The van der Waals surface area contributed by atoms with E-state index in [1.165, 1.54) is 0 Å². The summed E-state index contributed by atoms with van der Waals surface area (Å²) < 4.78 is 1.72. The molecule has 1 aliphatic carbocycles. The second-order valence-electron chi connectivity index (χ2n) is 6.03. The Labute approximate surface area is 144 Å². The van der Waals surface area contributed by atoms with Crippen molar-refractivity contribution in [1.82, 2.24) is 20.0 Å². The number of nitrogens with zero attached hydrogens (tertiary/aromatic N) is 5. The van der Waals surface area contributed by atoms with Gasteiger partial charge in [-0.05, 0) is 37.1 Å². The second kappa shape index (κ2) is 6.29. The summed E-state index contributed by atoms with van der Waals surface area (Å²) in [5.41, 5.74) is 2.38. The monoisotopic (exact) mass is 329 g/mol. The maximum atomic E-state index is 13.0. The molecule has 1 aromatic carbocycles. The number of hydrogen-bond donors (Lipinski definition) is 0. The molecule has 0 spiro atoms. The van der Waals surface area contributed by atoms with Crippen LogP contribution in [0.3, 0.4) is 0 Å². The Bertz CT molecular complexity index is 939. The summed E-state index contributed by atoms with van der Waals surface area (Å²) in [7, 11) is 0. The van der Waals surface area contributed by atoms with Gasteiger partial charge in [0.05, 0.1) is 23.1 Å². The van der Waals surface area contributed by atoms with E-state index in [2.05, 4.69) is 21.4 Å². The average Bonchev–Trinajstić information content (AvgIpc) is 3.41. The van der Waals surface area contributed by atoms with Crippen molar-refractivity contribution in [2.75, 3.05) is 0 Å². The molecule has 0 unspecified atom stereocenters. The molecular weight excluding hydrogens is 314 g/mol. The number of Topliss-reactive ketones (excluding diaryl/α,β-unsaturated/α-hetero) is 1. The van der Waals surface area contributed by atoms with Crippen molar-refractivity contribution in [3.05, 3.63) is 71.8 Å². The van der Waals surface area contributed by atoms with Crippen LogP contribution in [0.5, 0.6) is 0 Å². The molecule has 1 atom stereocenters. The van der Waals surface area contributed by atoms with E-state index in [0.717, 1.165) is 24.2 Å². The number of hydrogen-bond acceptors (Lipinski definition) is 5. The van der Waals surface area contributed by atoms with E-state index in [1.807, 2.05) is 30.3 Å². The molecule has 25 heavy (non-hydrogen) atoms. The molecule has 1 saturated carbocycles. The maximum absolute atomic E-state index is 13.0. The Morgan fingerprint density at radius 3 is 2.56 bits per heavy atom. The third kappa shape index (κ3) is 2.81. The van der Waals surface area contributed by atoms with Crippen LogP contribution in [0.4, 0.5) is 0 Å². The number of carbonyl (C=O) groups is 1. The summed E-state index contributed by atoms with van der Waals surface area (Å²) in [6.45, 7) is 0. The van der Waals surface area contributed by atoms with Gasteiger partial charge in [-0.1, -0.05) is 29.5 Å². The Balaban J connectivity index is 1.77. The summed E-state index contributed by atoms with van der Waals surface area (Å²) in [6.07, 6.45) is 3.58. The zero-order chi connectivity index (χ0) is 17.2. The number of benzene rings is 1. The van der Waals surface area contributed by atoms with E-state index in [4.69, 9.17) is 0 Å². The lowest BCUT2D eigenvalue weighted by molar-refractivity contribution is 0.0971. The molecule has 2 aromatic heterocycles. The first-order valence-corrected chi connectivity index (χ1v) is 8.15. The Morgan fingerprint density at radius 2 is 1.92 bits per heavy atom. The van der Waals surface area contributed by atoms with E-state index < -0.39 is 5.92 Å². The summed E-state index contributed by atoms with van der Waals surface area (Å²) in [5, 5.41) is 17.8. The highest BCUT2D eigenvalue weighted by Crippen LogP contribution is 2.42. The number of rotatable bonds is 5. The highest BCUT2D eigenvalue weighted by Gasteiger charge is 2.37. The molecule has 0 aliphatic heterocycles. The van der Waals surface area contributed by atoms with Gasteiger partial charge in [-0.25, -0.2) is 4.68 Å². The van der Waals surface area contributed by atoms with E-state index in [0.29, 0.717) is 5.69 Å². The second-order valence-corrected chi connectivity index (χ2v) is 6.03. The van der Waals surface area contributed by atoms with E-state index in [9.17, 15) is 10.1 Å². The van der Waals surface area contributed by atoms with Crippen molar-refractivity contribution in [2.45, 2.75) is 24.7 Å².